The summed E-state index contributed by atoms with van der Waals surface area (Å²) in [6, 6.07) is -5.45. The van der Waals surface area contributed by atoms with Gasteiger partial charge in [0.1, 0.15) is 36.8 Å². The van der Waals surface area contributed by atoms with Gasteiger partial charge in [0.05, 0.1) is 12.0 Å². The zero-order chi connectivity index (χ0) is 37.8. The fraction of sp³-hybridized carbons (Fsp3) is 0.824. The van der Waals surface area contributed by atoms with E-state index in [1.165, 1.54) is 18.9 Å². The average molecular weight is 717 g/mol. The van der Waals surface area contributed by atoms with Crippen molar-refractivity contribution in [1.82, 2.24) is 26.2 Å². The van der Waals surface area contributed by atoms with Crippen LogP contribution in [0.3, 0.4) is 0 Å². The predicted octanol–water partition coefficient (Wildman–Crippen LogP) is 1.13. The van der Waals surface area contributed by atoms with Gasteiger partial charge in [0.2, 0.25) is 35.5 Å². The van der Waals surface area contributed by atoms with Gasteiger partial charge in [-0.3, -0.25) is 28.8 Å². The number of hydrogen-bond donors (Lipinski definition) is 6. The van der Waals surface area contributed by atoms with E-state index < -0.39 is 116 Å². The summed E-state index contributed by atoms with van der Waals surface area (Å²) in [5.74, 6) is -9.39. The number of carbonyl (C=O) groups is 6. The Kier molecular flexibility index (Phi) is 17.0. The standard InChI is InChI=1S/C34H58F2N6O8/c1-7-8-9-10-11-25-20(4)33(49)42(6)24(16-19(2)3)30(46)41-28(22-12-14-34(35,36)15-13-22)32(48)39-23(17-37)29(45)40-27(21(5)43)31(47)38-18-26(44)50-25/h19-25,27-28,43H,7-18,37H2,1-6H3,(H,38,47)(H,39,48)(H,40,45)(H,41,46)/t20-,21+,23+,24+,25-,27+,28?/m1/s1. The highest BCUT2D eigenvalue weighted by molar-refractivity contribution is 5.96. The van der Waals surface area contributed by atoms with E-state index >= 15 is 0 Å². The number of hydrogen-bond acceptors (Lipinski definition) is 9. The van der Waals surface area contributed by atoms with Crippen LogP contribution in [0.1, 0.15) is 98.8 Å². The SMILES string of the molecule is CCCCCC[C@H]1OC(=O)CNC(=O)[C@H]([C@H](C)O)NC(=O)[C@H](CN)NC(=O)C(C2CCC(F)(F)CC2)NC(=O)[C@H](CC(C)C)N(C)C(=O)[C@@H]1C. The van der Waals surface area contributed by atoms with Crippen LogP contribution in [0.2, 0.25) is 0 Å². The van der Waals surface area contributed by atoms with Gasteiger partial charge < -0.3 is 41.7 Å². The minimum atomic E-state index is -2.93. The first-order valence-corrected chi connectivity index (χ1v) is 17.8. The molecule has 14 nitrogen and oxygen atoms in total. The zero-order valence-corrected chi connectivity index (χ0v) is 30.3. The summed E-state index contributed by atoms with van der Waals surface area (Å²) < 4.78 is 34.0. The van der Waals surface area contributed by atoms with Crippen molar-refractivity contribution in [2.75, 3.05) is 20.1 Å². The number of nitrogens with one attached hydrogen (secondary N) is 4. The number of alkyl halides is 2. The van der Waals surface area contributed by atoms with Crippen LogP contribution in [0.4, 0.5) is 8.78 Å². The van der Waals surface area contributed by atoms with Crippen LogP contribution in [0.5, 0.6) is 0 Å². The molecule has 0 radical (unpaired) electrons. The van der Waals surface area contributed by atoms with Gasteiger partial charge in [-0.05, 0) is 50.9 Å². The molecule has 0 spiro atoms. The number of halogens is 2. The fourth-order valence-corrected chi connectivity index (χ4v) is 6.38. The number of likely N-dealkylation sites (N-methyl/N-ethyl adjacent to an activating group) is 1. The molecule has 1 saturated carbocycles. The summed E-state index contributed by atoms with van der Waals surface area (Å²) >= 11 is 0. The predicted molar refractivity (Wildman–Crippen MR) is 180 cm³/mol. The molecule has 7 atom stereocenters. The third-order valence-corrected chi connectivity index (χ3v) is 9.54. The Bertz CT molecular complexity index is 1180. The molecule has 1 heterocycles. The molecule has 2 aliphatic rings. The number of aliphatic hydroxyl groups is 1. The van der Waals surface area contributed by atoms with Gasteiger partial charge in [-0.15, -0.1) is 0 Å². The van der Waals surface area contributed by atoms with Crippen molar-refractivity contribution in [3.8, 4) is 0 Å². The zero-order valence-electron chi connectivity index (χ0n) is 30.3. The van der Waals surface area contributed by atoms with Gasteiger partial charge in [-0.25, -0.2) is 8.78 Å². The Morgan fingerprint density at radius 3 is 2.14 bits per heavy atom. The van der Waals surface area contributed by atoms with Gasteiger partial charge in [-0.1, -0.05) is 47.0 Å². The van der Waals surface area contributed by atoms with Crippen LogP contribution in [-0.2, 0) is 33.5 Å². The van der Waals surface area contributed by atoms with Gasteiger partial charge in [-0.2, -0.15) is 0 Å². The highest BCUT2D eigenvalue weighted by Crippen LogP contribution is 2.37. The van der Waals surface area contributed by atoms with Gasteiger partial charge >= 0.3 is 5.97 Å². The molecular formula is C34H58F2N6O8. The van der Waals surface area contributed by atoms with Crippen LogP contribution in [0.15, 0.2) is 0 Å². The minimum absolute atomic E-state index is 0.0861. The van der Waals surface area contributed by atoms with Crippen molar-refractivity contribution in [2.24, 2.45) is 23.5 Å². The molecule has 7 N–H and O–H groups in total. The number of ether oxygens (including phenoxy) is 1. The Hall–Kier alpha value is -3.40. The Morgan fingerprint density at radius 2 is 1.58 bits per heavy atom. The molecule has 1 saturated heterocycles. The number of nitrogens with zero attached hydrogens (tertiary/aromatic N) is 1. The van der Waals surface area contributed by atoms with Gasteiger partial charge in [0, 0.05) is 26.4 Å². The maximum absolute atomic E-state index is 14.2. The van der Waals surface area contributed by atoms with Crippen molar-refractivity contribution >= 4 is 35.5 Å². The lowest BCUT2D eigenvalue weighted by molar-refractivity contribution is -0.158. The molecule has 0 aromatic heterocycles. The summed E-state index contributed by atoms with van der Waals surface area (Å²) in [5, 5.41) is 20.2. The number of aliphatic hydroxyl groups excluding tert-OH is 1. The maximum Gasteiger partial charge on any atom is 0.325 e. The van der Waals surface area contributed by atoms with E-state index in [2.05, 4.69) is 21.3 Å². The van der Waals surface area contributed by atoms with Gasteiger partial charge in [0.15, 0.2) is 0 Å². The average Bonchev–Trinajstić information content (AvgIpc) is 3.05. The van der Waals surface area contributed by atoms with E-state index in [1.807, 2.05) is 20.8 Å². The molecule has 5 amide bonds. The van der Waals surface area contributed by atoms with Crippen molar-refractivity contribution < 1.29 is 47.4 Å². The third kappa shape index (κ3) is 12.7. The largest absolute Gasteiger partial charge is 0.460 e. The minimum Gasteiger partial charge on any atom is -0.460 e. The number of amides is 5. The monoisotopic (exact) mass is 716 g/mol. The molecule has 0 aromatic carbocycles. The topological polar surface area (TPSA) is 209 Å². The first-order chi connectivity index (χ1) is 23.4. The second-order valence-corrected chi connectivity index (χ2v) is 14.2. The number of esters is 1. The summed E-state index contributed by atoms with van der Waals surface area (Å²) in [5.41, 5.74) is 5.81. The number of rotatable bonds is 10. The van der Waals surface area contributed by atoms with E-state index in [4.69, 9.17) is 10.5 Å². The molecule has 16 heteroatoms. The van der Waals surface area contributed by atoms with Crippen LogP contribution >= 0.6 is 0 Å². The lowest BCUT2D eigenvalue weighted by atomic mass is 9.81. The number of cyclic esters (lactones) is 1. The Balaban J connectivity index is 2.58. The van der Waals surface area contributed by atoms with Crippen molar-refractivity contribution in [3.63, 3.8) is 0 Å². The second-order valence-electron chi connectivity index (χ2n) is 14.2. The van der Waals surface area contributed by atoms with Crippen LogP contribution < -0.4 is 27.0 Å². The van der Waals surface area contributed by atoms with Crippen molar-refractivity contribution in [3.05, 3.63) is 0 Å². The van der Waals surface area contributed by atoms with E-state index in [0.717, 1.165) is 19.3 Å². The first kappa shape index (κ1) is 42.8. The number of nitrogens with two attached hydrogens (primary N) is 1. The lowest BCUT2D eigenvalue weighted by Gasteiger charge is -2.37. The lowest BCUT2D eigenvalue weighted by Crippen LogP contribution is -2.62. The highest BCUT2D eigenvalue weighted by Gasteiger charge is 2.43. The van der Waals surface area contributed by atoms with Crippen molar-refractivity contribution in [2.45, 2.75) is 141 Å². The quantitative estimate of drug-likeness (QED) is 0.141. The molecule has 1 aliphatic carbocycles. The second kappa shape index (κ2) is 19.8. The van der Waals surface area contributed by atoms with Crippen LogP contribution in [0.25, 0.3) is 0 Å². The first-order valence-electron chi connectivity index (χ1n) is 17.8. The van der Waals surface area contributed by atoms with Crippen molar-refractivity contribution in [1.29, 1.82) is 0 Å². The Labute approximate surface area is 293 Å². The normalized spacial score (nSPS) is 29.1. The van der Waals surface area contributed by atoms with Crippen LogP contribution in [-0.4, -0.2) is 108 Å². The maximum atomic E-state index is 14.2. The Morgan fingerprint density at radius 1 is 0.940 bits per heavy atom. The highest BCUT2D eigenvalue weighted by atomic mass is 19.3. The number of carbonyl (C=O) groups excluding carboxylic acids is 6. The molecule has 1 aliphatic heterocycles. The van der Waals surface area contributed by atoms with Gasteiger partial charge in [0.25, 0.3) is 0 Å². The molecule has 2 rings (SSSR count). The van der Waals surface area contributed by atoms with E-state index in [9.17, 15) is 42.7 Å². The molecule has 286 valence electrons. The molecule has 0 aromatic rings. The van der Waals surface area contributed by atoms with E-state index in [-0.39, 0.29) is 25.2 Å². The molecule has 1 unspecified atom stereocenters. The molecule has 50 heavy (non-hydrogen) atoms. The van der Waals surface area contributed by atoms with Crippen LogP contribution in [0, 0.1) is 17.8 Å². The number of unbranched alkanes of at least 4 members (excludes halogenated alkanes) is 3. The third-order valence-electron chi connectivity index (χ3n) is 9.54. The fourth-order valence-electron chi connectivity index (χ4n) is 6.38. The smallest absolute Gasteiger partial charge is 0.325 e. The van der Waals surface area contributed by atoms with E-state index in [1.54, 1.807) is 6.92 Å². The molecule has 0 bridgehead atoms. The summed E-state index contributed by atoms with van der Waals surface area (Å²) in [6.07, 6.45) is 0.333. The van der Waals surface area contributed by atoms with E-state index in [0.29, 0.717) is 12.8 Å². The summed E-state index contributed by atoms with van der Waals surface area (Å²) in [6.45, 7) is 7.50. The molecule has 2 fully saturated rings. The summed E-state index contributed by atoms with van der Waals surface area (Å²) in [7, 11) is 1.45. The molecular weight excluding hydrogens is 658 g/mol. The summed E-state index contributed by atoms with van der Waals surface area (Å²) in [4.78, 5) is 82.3.